The third kappa shape index (κ3) is 3.94. The molecule has 0 bridgehead atoms. The summed E-state index contributed by atoms with van der Waals surface area (Å²) in [5, 5.41) is 7.88. The first-order valence-corrected chi connectivity index (χ1v) is 11.5. The van der Waals surface area contributed by atoms with Crippen LogP contribution in [0.4, 0.5) is 5.82 Å². The summed E-state index contributed by atoms with van der Waals surface area (Å²) in [5.74, 6) is -0.307. The van der Waals surface area contributed by atoms with Gasteiger partial charge in [0.2, 0.25) is 5.91 Å². The van der Waals surface area contributed by atoms with Crippen LogP contribution in [0.2, 0.25) is 0 Å². The van der Waals surface area contributed by atoms with E-state index < -0.39 is 5.92 Å². The molecule has 1 amide bonds. The number of benzene rings is 3. The largest absolute Gasteiger partial charge is 0.310 e. The molecule has 1 aliphatic heterocycles. The number of carbonyl (C=O) groups excluding carboxylic acids is 2. The van der Waals surface area contributed by atoms with Gasteiger partial charge >= 0.3 is 0 Å². The molecule has 2 heterocycles. The summed E-state index contributed by atoms with van der Waals surface area (Å²) in [6, 6.07) is 25.6. The first-order valence-electron chi connectivity index (χ1n) is 11.5. The van der Waals surface area contributed by atoms with Crippen molar-refractivity contribution in [2.24, 2.45) is 5.92 Å². The second-order valence-electron chi connectivity index (χ2n) is 9.08. The molecule has 170 valence electrons. The molecule has 0 radical (unpaired) electrons. The fourth-order valence-electron chi connectivity index (χ4n) is 4.87. The van der Waals surface area contributed by atoms with E-state index in [1.54, 1.807) is 4.68 Å². The molecule has 0 saturated heterocycles. The molecule has 3 aromatic carbocycles. The molecule has 2 atom stereocenters. The number of para-hydroxylation sites is 1. The Hall–Kier alpha value is -3.99. The average Bonchev–Trinajstić information content (AvgIpc) is 3.16. The van der Waals surface area contributed by atoms with Crippen LogP contribution >= 0.6 is 0 Å². The van der Waals surface area contributed by atoms with Crippen molar-refractivity contribution in [3.8, 4) is 5.69 Å². The van der Waals surface area contributed by atoms with Gasteiger partial charge in [-0.05, 0) is 44.5 Å². The zero-order valence-corrected chi connectivity index (χ0v) is 19.6. The number of amides is 1. The summed E-state index contributed by atoms with van der Waals surface area (Å²) in [6.45, 7) is 5.98. The van der Waals surface area contributed by atoms with Crippen molar-refractivity contribution in [1.82, 2.24) is 9.78 Å². The van der Waals surface area contributed by atoms with E-state index in [2.05, 4.69) is 29.6 Å². The van der Waals surface area contributed by atoms with Gasteiger partial charge in [0.15, 0.2) is 5.78 Å². The molecule has 0 fully saturated rings. The van der Waals surface area contributed by atoms with E-state index in [9.17, 15) is 9.59 Å². The number of fused-ring (bicyclic) bond motifs is 1. The number of aryl methyl sites for hydroxylation is 3. The van der Waals surface area contributed by atoms with E-state index in [0.717, 1.165) is 33.6 Å². The summed E-state index contributed by atoms with van der Waals surface area (Å²) in [6.07, 6.45) is 0.128. The third-order valence-corrected chi connectivity index (χ3v) is 6.58. The highest BCUT2D eigenvalue weighted by Gasteiger charge is 2.41. The second kappa shape index (κ2) is 8.75. The van der Waals surface area contributed by atoms with Gasteiger partial charge in [-0.2, -0.15) is 5.10 Å². The molecule has 2 unspecified atom stereocenters. The number of carbonyl (C=O) groups is 2. The van der Waals surface area contributed by atoms with E-state index >= 15 is 0 Å². The smallest absolute Gasteiger partial charge is 0.230 e. The highest BCUT2D eigenvalue weighted by molar-refractivity contribution is 6.03. The highest BCUT2D eigenvalue weighted by atomic mass is 16.2. The molecule has 0 saturated carbocycles. The quantitative estimate of drug-likeness (QED) is 0.393. The standard InChI is InChI=1S/C29H27N3O2/c1-18-12-14-21(15-13-18)27-24(17-25(33)22-9-7-8-19(2)16-22)29(34)30-28-26(27)20(3)31-32(28)23-10-5-4-6-11-23/h4-16,24,27H,17H2,1-3H3,(H,30,34). The van der Waals surface area contributed by atoms with Crippen molar-refractivity contribution < 1.29 is 9.59 Å². The maximum absolute atomic E-state index is 13.5. The van der Waals surface area contributed by atoms with E-state index in [4.69, 9.17) is 5.10 Å². The average molecular weight is 450 g/mol. The molecule has 1 aliphatic rings. The first kappa shape index (κ1) is 21.8. The minimum Gasteiger partial charge on any atom is -0.310 e. The Kier molecular flexibility index (Phi) is 5.62. The number of aromatic nitrogens is 2. The summed E-state index contributed by atoms with van der Waals surface area (Å²) < 4.78 is 1.79. The summed E-state index contributed by atoms with van der Waals surface area (Å²) in [7, 11) is 0. The fraction of sp³-hybridized carbons (Fsp3) is 0.207. The molecule has 34 heavy (non-hydrogen) atoms. The predicted molar refractivity (Wildman–Crippen MR) is 134 cm³/mol. The lowest BCUT2D eigenvalue weighted by Gasteiger charge is -2.32. The van der Waals surface area contributed by atoms with E-state index in [1.807, 2.05) is 75.4 Å². The second-order valence-corrected chi connectivity index (χ2v) is 9.08. The van der Waals surface area contributed by atoms with Crippen LogP contribution in [-0.2, 0) is 4.79 Å². The Bertz CT molecular complexity index is 1370. The van der Waals surface area contributed by atoms with E-state index in [1.165, 1.54) is 0 Å². The summed E-state index contributed by atoms with van der Waals surface area (Å²) in [4.78, 5) is 26.8. The predicted octanol–water partition coefficient (Wildman–Crippen LogP) is 5.77. The van der Waals surface area contributed by atoms with Crippen LogP contribution in [0.25, 0.3) is 5.69 Å². The molecule has 5 nitrogen and oxygen atoms in total. The maximum atomic E-state index is 13.5. The maximum Gasteiger partial charge on any atom is 0.230 e. The molecular weight excluding hydrogens is 422 g/mol. The molecule has 0 spiro atoms. The first-order chi connectivity index (χ1) is 16.4. The van der Waals surface area contributed by atoms with Gasteiger partial charge < -0.3 is 5.32 Å². The number of anilines is 1. The lowest BCUT2D eigenvalue weighted by molar-refractivity contribution is -0.120. The van der Waals surface area contributed by atoms with Crippen LogP contribution in [0.5, 0.6) is 0 Å². The fourth-order valence-corrected chi connectivity index (χ4v) is 4.87. The van der Waals surface area contributed by atoms with Crippen molar-refractivity contribution >= 4 is 17.5 Å². The van der Waals surface area contributed by atoms with Crippen LogP contribution in [0.15, 0.2) is 78.9 Å². The number of rotatable bonds is 5. The number of ketones is 1. The van der Waals surface area contributed by atoms with Gasteiger partial charge in [0.1, 0.15) is 5.82 Å². The van der Waals surface area contributed by atoms with Crippen molar-refractivity contribution in [2.75, 3.05) is 5.32 Å². The molecule has 5 heteroatoms. The van der Waals surface area contributed by atoms with Crippen molar-refractivity contribution in [2.45, 2.75) is 33.1 Å². The van der Waals surface area contributed by atoms with Gasteiger partial charge in [-0.15, -0.1) is 0 Å². The van der Waals surface area contributed by atoms with Crippen LogP contribution in [-0.4, -0.2) is 21.5 Å². The van der Waals surface area contributed by atoms with Gasteiger partial charge in [0, 0.05) is 23.5 Å². The van der Waals surface area contributed by atoms with Gasteiger partial charge in [-0.25, -0.2) is 4.68 Å². The normalized spacial score (nSPS) is 17.2. The molecule has 1 aromatic heterocycles. The van der Waals surface area contributed by atoms with Gasteiger partial charge in [0.05, 0.1) is 17.3 Å². The third-order valence-electron chi connectivity index (χ3n) is 6.58. The Balaban J connectivity index is 1.62. The highest BCUT2D eigenvalue weighted by Crippen LogP contribution is 2.44. The van der Waals surface area contributed by atoms with Crippen molar-refractivity contribution in [1.29, 1.82) is 0 Å². The van der Waals surface area contributed by atoms with Crippen LogP contribution in [0.3, 0.4) is 0 Å². The van der Waals surface area contributed by atoms with Crippen molar-refractivity contribution in [3.63, 3.8) is 0 Å². The topological polar surface area (TPSA) is 64.0 Å². The Labute approximate surface area is 199 Å². The summed E-state index contributed by atoms with van der Waals surface area (Å²) >= 11 is 0. The van der Waals surface area contributed by atoms with Gasteiger partial charge in [-0.1, -0.05) is 71.8 Å². The van der Waals surface area contributed by atoms with Crippen molar-refractivity contribution in [3.05, 3.63) is 112 Å². The van der Waals surface area contributed by atoms with Crippen LogP contribution < -0.4 is 5.32 Å². The lowest BCUT2D eigenvalue weighted by atomic mass is 9.75. The van der Waals surface area contributed by atoms with E-state index in [-0.39, 0.29) is 24.0 Å². The molecule has 0 aliphatic carbocycles. The van der Waals surface area contributed by atoms with Gasteiger partial charge in [0.25, 0.3) is 0 Å². The summed E-state index contributed by atoms with van der Waals surface area (Å²) in [5.41, 5.74) is 6.51. The number of hydrogen-bond donors (Lipinski definition) is 1. The zero-order valence-electron chi connectivity index (χ0n) is 19.6. The minimum absolute atomic E-state index is 0.0301. The molecular formula is C29H27N3O2. The number of nitrogens with one attached hydrogen (secondary N) is 1. The van der Waals surface area contributed by atoms with Crippen LogP contribution in [0, 0.1) is 26.7 Å². The Morgan fingerprint density at radius 1 is 0.912 bits per heavy atom. The zero-order chi connectivity index (χ0) is 23.8. The number of hydrogen-bond acceptors (Lipinski definition) is 3. The lowest BCUT2D eigenvalue weighted by Crippen LogP contribution is -2.36. The Morgan fingerprint density at radius 3 is 2.35 bits per heavy atom. The molecule has 1 N–H and O–H groups in total. The van der Waals surface area contributed by atoms with E-state index in [0.29, 0.717) is 11.4 Å². The van der Waals surface area contributed by atoms with Crippen LogP contribution in [0.1, 0.15) is 50.6 Å². The van der Waals surface area contributed by atoms with Gasteiger partial charge in [-0.3, -0.25) is 9.59 Å². The minimum atomic E-state index is -0.532. The molecule has 4 aromatic rings. The monoisotopic (exact) mass is 449 g/mol. The molecule has 5 rings (SSSR count). The SMILES string of the molecule is Cc1ccc(C2c3c(C)nn(-c4ccccc4)c3NC(=O)C2CC(=O)c2cccc(C)c2)cc1. The number of Topliss-reactive ketones (excluding diaryl/α,β-unsaturated/α-hetero) is 1. The Morgan fingerprint density at radius 2 is 1.65 bits per heavy atom. The number of nitrogens with zero attached hydrogens (tertiary/aromatic N) is 2.